The predicted molar refractivity (Wildman–Crippen MR) is 133 cm³/mol. The fourth-order valence-electron chi connectivity index (χ4n) is 3.71. The molecule has 3 aromatic carbocycles. The SMILES string of the molecule is CCOc1ccc(C(=O)COc2c(-c3ccc(OC)c(OC)c3)oc3cc(C)ccc3c2=O)cc1. The van der Waals surface area contributed by atoms with Crippen molar-refractivity contribution >= 4 is 16.8 Å². The third-order valence-corrected chi connectivity index (χ3v) is 5.49. The van der Waals surface area contributed by atoms with E-state index >= 15 is 0 Å². The third kappa shape index (κ3) is 4.99. The van der Waals surface area contributed by atoms with Crippen molar-refractivity contribution in [3.63, 3.8) is 0 Å². The van der Waals surface area contributed by atoms with E-state index in [-0.39, 0.29) is 29.3 Å². The standard InChI is InChI=1S/C28H26O7/c1-5-33-20-10-7-18(8-11-20)22(29)16-34-28-26(30)21-12-6-17(2)14-24(21)35-27(28)19-9-13-23(31-3)25(15-19)32-4/h6-15H,5,16H2,1-4H3. The van der Waals surface area contributed by atoms with Crippen LogP contribution in [-0.2, 0) is 0 Å². The highest BCUT2D eigenvalue weighted by Crippen LogP contribution is 2.37. The Morgan fingerprint density at radius 2 is 1.63 bits per heavy atom. The van der Waals surface area contributed by atoms with Gasteiger partial charge in [0.05, 0.1) is 26.2 Å². The number of hydrogen-bond acceptors (Lipinski definition) is 7. The Morgan fingerprint density at radius 3 is 2.31 bits per heavy atom. The molecule has 0 aliphatic rings. The highest BCUT2D eigenvalue weighted by atomic mass is 16.5. The van der Waals surface area contributed by atoms with E-state index in [9.17, 15) is 9.59 Å². The van der Waals surface area contributed by atoms with E-state index in [2.05, 4.69) is 0 Å². The molecule has 1 aromatic heterocycles. The van der Waals surface area contributed by atoms with Crippen molar-refractivity contribution in [3.05, 3.63) is 82.0 Å². The second-order valence-corrected chi connectivity index (χ2v) is 7.83. The van der Waals surface area contributed by atoms with Crippen LogP contribution < -0.4 is 24.4 Å². The molecule has 0 amide bonds. The van der Waals surface area contributed by atoms with Crippen LogP contribution in [0.2, 0.25) is 0 Å². The molecule has 180 valence electrons. The molecule has 1 heterocycles. The fourth-order valence-corrected chi connectivity index (χ4v) is 3.71. The van der Waals surface area contributed by atoms with Crippen LogP contribution in [0.4, 0.5) is 0 Å². The van der Waals surface area contributed by atoms with Crippen LogP contribution in [-0.4, -0.2) is 33.2 Å². The Kier molecular flexibility index (Phi) is 7.06. The first-order chi connectivity index (χ1) is 16.9. The number of carbonyl (C=O) groups is 1. The molecule has 4 aromatic rings. The third-order valence-electron chi connectivity index (χ3n) is 5.49. The lowest BCUT2D eigenvalue weighted by atomic mass is 10.1. The summed E-state index contributed by atoms with van der Waals surface area (Å²) in [5.41, 5.74) is 1.99. The second-order valence-electron chi connectivity index (χ2n) is 7.83. The Labute approximate surface area is 202 Å². The van der Waals surface area contributed by atoms with E-state index in [4.69, 9.17) is 23.4 Å². The van der Waals surface area contributed by atoms with Crippen molar-refractivity contribution in [2.24, 2.45) is 0 Å². The van der Waals surface area contributed by atoms with Crippen LogP contribution in [0.25, 0.3) is 22.3 Å². The van der Waals surface area contributed by atoms with Gasteiger partial charge in [0.25, 0.3) is 0 Å². The molecule has 0 unspecified atom stereocenters. The van der Waals surface area contributed by atoms with Crippen LogP contribution in [0.1, 0.15) is 22.8 Å². The van der Waals surface area contributed by atoms with E-state index in [1.54, 1.807) is 54.6 Å². The summed E-state index contributed by atoms with van der Waals surface area (Å²) in [7, 11) is 3.06. The summed E-state index contributed by atoms with van der Waals surface area (Å²) in [6.07, 6.45) is 0. The van der Waals surface area contributed by atoms with Crippen molar-refractivity contribution in [1.82, 2.24) is 0 Å². The molecule has 0 radical (unpaired) electrons. The smallest absolute Gasteiger partial charge is 0.235 e. The summed E-state index contributed by atoms with van der Waals surface area (Å²) in [4.78, 5) is 26.2. The number of ether oxygens (including phenoxy) is 4. The van der Waals surface area contributed by atoms with Crippen molar-refractivity contribution in [1.29, 1.82) is 0 Å². The normalized spacial score (nSPS) is 10.7. The summed E-state index contributed by atoms with van der Waals surface area (Å²) >= 11 is 0. The lowest BCUT2D eigenvalue weighted by Crippen LogP contribution is -2.17. The maximum atomic E-state index is 13.4. The number of rotatable bonds is 9. The number of benzene rings is 3. The van der Waals surface area contributed by atoms with Crippen molar-refractivity contribution in [2.45, 2.75) is 13.8 Å². The molecular weight excluding hydrogens is 448 g/mol. The number of fused-ring (bicyclic) bond motifs is 1. The van der Waals surface area contributed by atoms with Gasteiger partial charge in [0.2, 0.25) is 11.2 Å². The van der Waals surface area contributed by atoms with Crippen molar-refractivity contribution in [2.75, 3.05) is 27.4 Å². The second kappa shape index (κ2) is 10.3. The van der Waals surface area contributed by atoms with Gasteiger partial charge in [-0.3, -0.25) is 9.59 Å². The molecule has 7 heteroatoms. The molecule has 0 atom stereocenters. The molecule has 0 fully saturated rings. The molecular formula is C28H26O7. The minimum atomic E-state index is -0.365. The first-order valence-electron chi connectivity index (χ1n) is 11.1. The van der Waals surface area contributed by atoms with Crippen molar-refractivity contribution in [3.8, 4) is 34.3 Å². The molecule has 0 N–H and O–H groups in total. The van der Waals surface area contributed by atoms with E-state index in [0.717, 1.165) is 5.56 Å². The van der Waals surface area contributed by atoms with Gasteiger partial charge in [0, 0.05) is 11.1 Å². The largest absolute Gasteiger partial charge is 0.494 e. The summed E-state index contributed by atoms with van der Waals surface area (Å²) in [6.45, 7) is 4.00. The Balaban J connectivity index is 1.74. The topological polar surface area (TPSA) is 84.2 Å². The van der Waals surface area contributed by atoms with Gasteiger partial charge in [-0.05, 0) is 74.0 Å². The van der Waals surface area contributed by atoms with Gasteiger partial charge in [-0.25, -0.2) is 0 Å². The molecule has 4 rings (SSSR count). The summed E-state index contributed by atoms with van der Waals surface area (Å²) in [6, 6.07) is 17.2. The maximum absolute atomic E-state index is 13.4. The van der Waals surface area contributed by atoms with Crippen LogP contribution in [0, 0.1) is 6.92 Å². The van der Waals surface area contributed by atoms with Gasteiger partial charge >= 0.3 is 0 Å². The van der Waals surface area contributed by atoms with Gasteiger partial charge < -0.3 is 23.4 Å². The maximum Gasteiger partial charge on any atom is 0.235 e. The highest BCUT2D eigenvalue weighted by molar-refractivity contribution is 5.97. The molecule has 0 aliphatic carbocycles. The lowest BCUT2D eigenvalue weighted by molar-refractivity contribution is 0.0920. The van der Waals surface area contributed by atoms with E-state index in [1.807, 2.05) is 19.9 Å². The molecule has 0 saturated carbocycles. The summed E-state index contributed by atoms with van der Waals surface area (Å²) < 4.78 is 28.1. The van der Waals surface area contributed by atoms with Gasteiger partial charge in [-0.2, -0.15) is 0 Å². The van der Waals surface area contributed by atoms with E-state index in [0.29, 0.717) is 46.0 Å². The number of hydrogen-bond donors (Lipinski definition) is 0. The molecule has 0 saturated heterocycles. The quantitative estimate of drug-likeness (QED) is 0.298. The van der Waals surface area contributed by atoms with Crippen LogP contribution in [0.15, 0.2) is 69.9 Å². The number of carbonyl (C=O) groups excluding carboxylic acids is 1. The fraction of sp³-hybridized carbons (Fsp3) is 0.214. The van der Waals surface area contributed by atoms with Gasteiger partial charge in [-0.15, -0.1) is 0 Å². The molecule has 0 spiro atoms. The van der Waals surface area contributed by atoms with Crippen molar-refractivity contribution < 1.29 is 28.2 Å². The number of methoxy groups -OCH3 is 2. The number of aryl methyl sites for hydroxylation is 1. The van der Waals surface area contributed by atoms with Crippen LogP contribution >= 0.6 is 0 Å². The Hall–Kier alpha value is -4.26. The minimum Gasteiger partial charge on any atom is -0.494 e. The van der Waals surface area contributed by atoms with Crippen LogP contribution in [0.5, 0.6) is 23.0 Å². The zero-order valence-electron chi connectivity index (χ0n) is 20.0. The van der Waals surface area contributed by atoms with Gasteiger partial charge in [0.15, 0.2) is 29.6 Å². The van der Waals surface area contributed by atoms with Gasteiger partial charge in [-0.1, -0.05) is 6.07 Å². The van der Waals surface area contributed by atoms with E-state index < -0.39 is 0 Å². The Morgan fingerprint density at radius 1 is 0.886 bits per heavy atom. The highest BCUT2D eigenvalue weighted by Gasteiger charge is 2.21. The molecule has 35 heavy (non-hydrogen) atoms. The predicted octanol–water partition coefficient (Wildman–Crippen LogP) is 5.45. The lowest BCUT2D eigenvalue weighted by Gasteiger charge is -2.14. The minimum absolute atomic E-state index is 0.0483. The number of Topliss-reactive ketones (excluding diaryl/α,β-unsaturated/α-hetero) is 1. The molecule has 0 aliphatic heterocycles. The average molecular weight is 475 g/mol. The number of ketones is 1. The van der Waals surface area contributed by atoms with E-state index in [1.165, 1.54) is 14.2 Å². The monoisotopic (exact) mass is 474 g/mol. The van der Waals surface area contributed by atoms with Gasteiger partial charge in [0.1, 0.15) is 11.3 Å². The zero-order valence-corrected chi connectivity index (χ0v) is 20.0. The molecule has 7 nitrogen and oxygen atoms in total. The first-order valence-corrected chi connectivity index (χ1v) is 11.1. The summed E-state index contributed by atoms with van der Waals surface area (Å²) in [5.74, 6) is 1.54. The Bertz CT molecular complexity index is 1420. The van der Waals surface area contributed by atoms with Crippen LogP contribution in [0.3, 0.4) is 0 Å². The average Bonchev–Trinajstić information content (AvgIpc) is 2.87. The molecule has 0 bridgehead atoms. The summed E-state index contributed by atoms with van der Waals surface area (Å²) in [5, 5.41) is 0.364. The first kappa shape index (κ1) is 23.9. The zero-order chi connectivity index (χ0) is 24.9.